The molecule has 3 aromatic rings. The van der Waals surface area contributed by atoms with E-state index in [1.807, 2.05) is 0 Å². The van der Waals surface area contributed by atoms with Crippen LogP contribution in [0.1, 0.15) is 18.4 Å². The Morgan fingerprint density at radius 3 is 2.38 bits per heavy atom. The second kappa shape index (κ2) is 10.7. The molecule has 2 aromatic carbocycles. The van der Waals surface area contributed by atoms with Gasteiger partial charge in [0.1, 0.15) is 22.9 Å². The lowest BCUT2D eigenvalue weighted by Crippen LogP contribution is -2.34. The number of esters is 1. The van der Waals surface area contributed by atoms with Crippen LogP contribution in [-0.4, -0.2) is 30.7 Å². The third-order valence-corrected chi connectivity index (χ3v) is 5.49. The molecule has 0 radical (unpaired) electrons. The molecule has 2 amide bonds. The molecule has 1 aromatic heterocycles. The van der Waals surface area contributed by atoms with Gasteiger partial charge in [0.2, 0.25) is 5.78 Å². The van der Waals surface area contributed by atoms with E-state index in [9.17, 15) is 23.6 Å². The van der Waals surface area contributed by atoms with Crippen LogP contribution >= 0.6 is 0 Å². The summed E-state index contributed by atoms with van der Waals surface area (Å²) in [6.07, 6.45) is 1.43. The lowest BCUT2D eigenvalue weighted by Gasteiger charge is -2.21. The number of benzene rings is 2. The van der Waals surface area contributed by atoms with Crippen LogP contribution in [0, 0.1) is 5.82 Å². The topological polar surface area (TPSA) is 118 Å². The third kappa shape index (κ3) is 5.48. The van der Waals surface area contributed by atoms with Gasteiger partial charge in [0.15, 0.2) is 0 Å². The van der Waals surface area contributed by atoms with E-state index in [0.717, 1.165) is 0 Å². The standard InChI is InChI=1S/C27H22FN3O6/c1-16-23(27(35)36-2)24(32)22(31(16)19-10-8-17(28)9-11-19)14-20-12-13-21(37-20)15-29-25(33)26(34)30-18-6-4-3-5-7-18/h3-14H,15H2,1-2H3,(H,29,33)(H,30,34)/b22-14+. The molecule has 0 bridgehead atoms. The molecule has 0 fully saturated rings. The monoisotopic (exact) mass is 503 g/mol. The SMILES string of the molecule is COC(=O)C1=C(C)N(c2ccc(F)cc2)/C(=C/c2ccc(CNC(=O)C(=O)Nc3ccccc3)o2)C1=O. The Bertz CT molecular complexity index is 1420. The lowest BCUT2D eigenvalue weighted by molar-refractivity contribution is -0.137. The molecule has 1 aliphatic heterocycles. The Hall–Kier alpha value is -4.99. The van der Waals surface area contributed by atoms with Crippen LogP contribution in [0.15, 0.2) is 88.1 Å². The number of hydrogen-bond acceptors (Lipinski definition) is 7. The fourth-order valence-electron chi connectivity index (χ4n) is 3.74. The van der Waals surface area contributed by atoms with Crippen molar-refractivity contribution in [1.29, 1.82) is 0 Å². The normalized spacial score (nSPS) is 14.2. The molecule has 10 heteroatoms. The van der Waals surface area contributed by atoms with Crippen molar-refractivity contribution < 1.29 is 32.7 Å². The maximum atomic E-state index is 13.5. The van der Waals surface area contributed by atoms with Crippen molar-refractivity contribution in [2.45, 2.75) is 13.5 Å². The zero-order chi connectivity index (χ0) is 26.5. The minimum absolute atomic E-state index is 0.0788. The van der Waals surface area contributed by atoms with E-state index in [0.29, 0.717) is 22.8 Å². The van der Waals surface area contributed by atoms with Crippen molar-refractivity contribution in [3.63, 3.8) is 0 Å². The quantitative estimate of drug-likeness (QED) is 0.229. The first-order valence-electron chi connectivity index (χ1n) is 11.1. The van der Waals surface area contributed by atoms with Gasteiger partial charge in [0.25, 0.3) is 0 Å². The zero-order valence-electron chi connectivity index (χ0n) is 19.9. The van der Waals surface area contributed by atoms with Crippen LogP contribution in [0.25, 0.3) is 6.08 Å². The van der Waals surface area contributed by atoms with Crippen LogP contribution in [0.4, 0.5) is 15.8 Å². The molecule has 4 rings (SSSR count). The number of para-hydroxylation sites is 1. The largest absolute Gasteiger partial charge is 0.465 e. The second-order valence-corrected chi connectivity index (χ2v) is 7.93. The molecule has 0 aliphatic carbocycles. The molecule has 2 heterocycles. The number of ether oxygens (including phenoxy) is 1. The molecule has 0 saturated heterocycles. The highest BCUT2D eigenvalue weighted by Crippen LogP contribution is 2.35. The van der Waals surface area contributed by atoms with Crippen molar-refractivity contribution in [3.05, 3.63) is 101 Å². The number of carbonyl (C=O) groups excluding carboxylic acids is 4. The van der Waals surface area contributed by atoms with Crippen molar-refractivity contribution >= 4 is 41.0 Å². The van der Waals surface area contributed by atoms with Crippen molar-refractivity contribution in [2.75, 3.05) is 17.3 Å². The molecule has 0 spiro atoms. The van der Waals surface area contributed by atoms with E-state index in [4.69, 9.17) is 9.15 Å². The Labute approximate surface area is 211 Å². The zero-order valence-corrected chi connectivity index (χ0v) is 19.9. The van der Waals surface area contributed by atoms with Gasteiger partial charge < -0.3 is 24.7 Å². The number of Topliss-reactive ketones (excluding diaryl/α,β-unsaturated/α-hetero) is 1. The summed E-state index contributed by atoms with van der Waals surface area (Å²) >= 11 is 0. The molecule has 37 heavy (non-hydrogen) atoms. The van der Waals surface area contributed by atoms with Crippen LogP contribution < -0.4 is 15.5 Å². The average Bonchev–Trinajstić information content (AvgIpc) is 3.45. The number of furan rings is 1. The molecule has 0 atom stereocenters. The van der Waals surface area contributed by atoms with Crippen LogP contribution in [0.2, 0.25) is 0 Å². The molecule has 188 valence electrons. The van der Waals surface area contributed by atoms with E-state index in [1.165, 1.54) is 42.4 Å². The number of methoxy groups -OCH3 is 1. The molecule has 9 nitrogen and oxygen atoms in total. The number of amides is 2. The number of allylic oxidation sites excluding steroid dienone is 2. The van der Waals surface area contributed by atoms with Gasteiger partial charge in [-0.1, -0.05) is 18.2 Å². The Balaban J connectivity index is 1.51. The van der Waals surface area contributed by atoms with Gasteiger partial charge in [-0.15, -0.1) is 0 Å². The summed E-state index contributed by atoms with van der Waals surface area (Å²) in [7, 11) is 1.17. The lowest BCUT2D eigenvalue weighted by atomic mass is 10.1. The number of carbonyl (C=O) groups is 4. The van der Waals surface area contributed by atoms with Gasteiger partial charge in [-0.2, -0.15) is 0 Å². The second-order valence-electron chi connectivity index (χ2n) is 7.93. The van der Waals surface area contributed by atoms with E-state index in [2.05, 4.69) is 10.6 Å². The molecular formula is C27H22FN3O6. The number of ketones is 1. The summed E-state index contributed by atoms with van der Waals surface area (Å²) in [5.41, 5.74) is 1.20. The highest BCUT2D eigenvalue weighted by Gasteiger charge is 2.38. The molecular weight excluding hydrogens is 481 g/mol. The van der Waals surface area contributed by atoms with Crippen molar-refractivity contribution in [2.24, 2.45) is 0 Å². The predicted octanol–water partition coefficient (Wildman–Crippen LogP) is 3.55. The number of halogens is 1. The minimum Gasteiger partial charge on any atom is -0.465 e. The molecule has 0 unspecified atom stereocenters. The maximum absolute atomic E-state index is 13.5. The first kappa shape index (κ1) is 25.1. The molecule has 2 N–H and O–H groups in total. The maximum Gasteiger partial charge on any atom is 0.343 e. The fourth-order valence-corrected chi connectivity index (χ4v) is 3.74. The predicted molar refractivity (Wildman–Crippen MR) is 132 cm³/mol. The molecule has 0 saturated carbocycles. The van der Waals surface area contributed by atoms with Gasteiger partial charge in [-0.3, -0.25) is 14.4 Å². The smallest absolute Gasteiger partial charge is 0.343 e. The molecule has 1 aliphatic rings. The van der Waals surface area contributed by atoms with Crippen LogP contribution in [0.5, 0.6) is 0 Å². The van der Waals surface area contributed by atoms with Crippen molar-refractivity contribution in [3.8, 4) is 0 Å². The van der Waals surface area contributed by atoms with Crippen molar-refractivity contribution in [1.82, 2.24) is 5.32 Å². The summed E-state index contributed by atoms with van der Waals surface area (Å²) < 4.78 is 24.0. The summed E-state index contributed by atoms with van der Waals surface area (Å²) in [6, 6.07) is 17.1. The van der Waals surface area contributed by atoms with E-state index in [1.54, 1.807) is 49.4 Å². The number of anilines is 2. The number of nitrogens with one attached hydrogen (secondary N) is 2. The van der Waals surface area contributed by atoms with Gasteiger partial charge in [-0.05, 0) is 55.5 Å². The summed E-state index contributed by atoms with van der Waals surface area (Å²) in [5.74, 6) is -2.94. The van der Waals surface area contributed by atoms with E-state index >= 15 is 0 Å². The van der Waals surface area contributed by atoms with Gasteiger partial charge >= 0.3 is 17.8 Å². The number of rotatable bonds is 6. The third-order valence-electron chi connectivity index (χ3n) is 5.49. The van der Waals surface area contributed by atoms with Gasteiger partial charge in [-0.25, -0.2) is 9.18 Å². The summed E-state index contributed by atoms with van der Waals surface area (Å²) in [6.45, 7) is 1.50. The average molecular weight is 503 g/mol. The number of nitrogens with zero attached hydrogens (tertiary/aromatic N) is 1. The van der Waals surface area contributed by atoms with Crippen LogP contribution in [0.3, 0.4) is 0 Å². The Morgan fingerprint density at radius 2 is 1.70 bits per heavy atom. The highest BCUT2D eigenvalue weighted by atomic mass is 19.1. The first-order chi connectivity index (χ1) is 17.8. The van der Waals surface area contributed by atoms with E-state index < -0.39 is 29.4 Å². The first-order valence-corrected chi connectivity index (χ1v) is 11.1. The van der Waals surface area contributed by atoms with E-state index in [-0.39, 0.29) is 23.6 Å². The van der Waals surface area contributed by atoms with Gasteiger partial charge in [0, 0.05) is 23.1 Å². The summed E-state index contributed by atoms with van der Waals surface area (Å²) in [5, 5.41) is 4.95. The highest BCUT2D eigenvalue weighted by molar-refractivity contribution is 6.39. The number of hydrogen-bond donors (Lipinski definition) is 2. The van der Waals surface area contributed by atoms with Gasteiger partial charge in [0.05, 0.1) is 19.4 Å². The summed E-state index contributed by atoms with van der Waals surface area (Å²) in [4.78, 5) is 51.1. The van der Waals surface area contributed by atoms with Crippen LogP contribution in [-0.2, 0) is 30.5 Å². The Kier molecular flexibility index (Phi) is 7.28. The Morgan fingerprint density at radius 1 is 1.00 bits per heavy atom. The minimum atomic E-state index is -0.851. The fraction of sp³-hybridized carbons (Fsp3) is 0.111.